The Morgan fingerprint density at radius 3 is 2.58 bits per heavy atom. The third-order valence-corrected chi connectivity index (χ3v) is 5.87. The molecule has 5 aromatic rings. The predicted octanol–water partition coefficient (Wildman–Crippen LogP) is 4.36. The number of fused-ring (bicyclic) bond motifs is 2. The summed E-state index contributed by atoms with van der Waals surface area (Å²) in [7, 11) is 1.59. The summed E-state index contributed by atoms with van der Waals surface area (Å²) in [5, 5.41) is 20.5. The van der Waals surface area contributed by atoms with Gasteiger partial charge < -0.3 is 24.3 Å². The number of hydrogen-bond donors (Lipinski definition) is 3. The van der Waals surface area contributed by atoms with Gasteiger partial charge in [0.25, 0.3) is 5.56 Å². The number of aromatic hydroxyl groups is 2. The number of pyridine rings is 2. The van der Waals surface area contributed by atoms with E-state index in [1.807, 2.05) is 47.9 Å². The van der Waals surface area contributed by atoms with E-state index in [9.17, 15) is 15.0 Å². The Morgan fingerprint density at radius 1 is 1.03 bits per heavy atom. The van der Waals surface area contributed by atoms with Crippen LogP contribution in [-0.2, 0) is 12.8 Å². The largest absolute Gasteiger partial charge is 0.508 e. The molecule has 166 valence electrons. The molecular formula is C26H23N3O4. The maximum absolute atomic E-state index is 13.1. The van der Waals surface area contributed by atoms with Crippen molar-refractivity contribution < 1.29 is 14.9 Å². The molecule has 5 rings (SSSR count). The smallest absolute Gasteiger partial charge is 0.257 e. The van der Waals surface area contributed by atoms with Gasteiger partial charge in [0.05, 0.1) is 29.6 Å². The molecule has 0 aliphatic carbocycles. The number of aromatic amines is 1. The van der Waals surface area contributed by atoms with E-state index in [1.165, 1.54) is 6.07 Å². The lowest BCUT2D eigenvalue weighted by Gasteiger charge is -2.08. The molecule has 0 fully saturated rings. The second-order valence-electron chi connectivity index (χ2n) is 8.11. The molecule has 0 saturated heterocycles. The quantitative estimate of drug-likeness (QED) is 0.376. The summed E-state index contributed by atoms with van der Waals surface area (Å²) in [5.41, 5.74) is 5.04. The number of nitrogens with zero attached hydrogens (tertiary/aromatic N) is 2. The molecule has 0 radical (unpaired) electrons. The van der Waals surface area contributed by atoms with Gasteiger partial charge >= 0.3 is 0 Å². The molecule has 2 aromatic carbocycles. The summed E-state index contributed by atoms with van der Waals surface area (Å²) in [6.07, 6.45) is 3.05. The van der Waals surface area contributed by atoms with Crippen molar-refractivity contribution in [3.63, 3.8) is 0 Å². The molecule has 0 bridgehead atoms. The van der Waals surface area contributed by atoms with E-state index in [-0.39, 0.29) is 17.1 Å². The van der Waals surface area contributed by atoms with Gasteiger partial charge in [0.1, 0.15) is 22.9 Å². The number of benzene rings is 2. The van der Waals surface area contributed by atoms with Crippen molar-refractivity contribution in [2.24, 2.45) is 0 Å². The van der Waals surface area contributed by atoms with Gasteiger partial charge in [0, 0.05) is 18.3 Å². The first-order valence-electron chi connectivity index (χ1n) is 10.6. The Balaban J connectivity index is 1.65. The number of phenols is 2. The second kappa shape index (κ2) is 8.02. The molecule has 0 aliphatic rings. The van der Waals surface area contributed by atoms with Crippen molar-refractivity contribution in [1.29, 1.82) is 0 Å². The molecule has 7 heteroatoms. The van der Waals surface area contributed by atoms with Gasteiger partial charge in [-0.1, -0.05) is 6.07 Å². The van der Waals surface area contributed by atoms with E-state index < -0.39 is 0 Å². The number of H-pyrrole nitrogens is 1. The zero-order valence-electron chi connectivity index (χ0n) is 18.3. The third-order valence-electron chi connectivity index (χ3n) is 5.87. The van der Waals surface area contributed by atoms with Crippen LogP contribution in [0.1, 0.15) is 16.8 Å². The van der Waals surface area contributed by atoms with E-state index in [4.69, 9.17) is 9.72 Å². The molecule has 0 unspecified atom stereocenters. The number of aryl methyl sites for hydroxylation is 3. The van der Waals surface area contributed by atoms with Gasteiger partial charge in [-0.3, -0.25) is 4.79 Å². The fourth-order valence-electron chi connectivity index (χ4n) is 4.25. The van der Waals surface area contributed by atoms with Crippen LogP contribution in [0.2, 0.25) is 0 Å². The van der Waals surface area contributed by atoms with Gasteiger partial charge in [-0.2, -0.15) is 0 Å². The van der Waals surface area contributed by atoms with Gasteiger partial charge in [0.2, 0.25) is 0 Å². The zero-order chi connectivity index (χ0) is 23.1. The van der Waals surface area contributed by atoms with Gasteiger partial charge in [-0.15, -0.1) is 0 Å². The lowest BCUT2D eigenvalue weighted by Crippen LogP contribution is -2.10. The number of hydrogen-bond acceptors (Lipinski definition) is 5. The topological polar surface area (TPSA) is 99.8 Å². The first-order valence-corrected chi connectivity index (χ1v) is 10.6. The summed E-state index contributed by atoms with van der Waals surface area (Å²) in [6, 6.07) is 15.9. The van der Waals surface area contributed by atoms with Crippen LogP contribution in [0.4, 0.5) is 0 Å². The normalized spacial score (nSPS) is 11.3. The number of imidazole rings is 1. The molecule has 0 saturated carbocycles. The fraction of sp³-hybridized carbons (Fsp3) is 0.154. The highest BCUT2D eigenvalue weighted by molar-refractivity contribution is 5.84. The summed E-state index contributed by atoms with van der Waals surface area (Å²) in [4.78, 5) is 20.9. The minimum absolute atomic E-state index is 0.0145. The number of methoxy groups -OCH3 is 1. The first kappa shape index (κ1) is 20.6. The van der Waals surface area contributed by atoms with Crippen LogP contribution in [0.3, 0.4) is 0 Å². The van der Waals surface area contributed by atoms with Crippen molar-refractivity contribution in [3.8, 4) is 28.5 Å². The zero-order valence-corrected chi connectivity index (χ0v) is 18.3. The molecule has 0 atom stereocenters. The SMILES string of the molecule is COc1ccc2cc(-c3nc4c(C)cccn4c3CCc3cc(O)cc(O)c3)c(=O)[nH]c2c1. The highest BCUT2D eigenvalue weighted by atomic mass is 16.5. The third kappa shape index (κ3) is 3.78. The molecule has 7 nitrogen and oxygen atoms in total. The first-order chi connectivity index (χ1) is 15.9. The standard InChI is InChI=1S/C26H23N3O4/c1-15-4-3-9-29-23(8-5-16-10-18(30)13-19(31)11-16)24(28-25(15)29)21-12-17-6-7-20(33-2)14-22(17)27-26(21)32/h3-4,6-7,9-14,30-31H,5,8H2,1-2H3,(H,27,32). The number of phenolic OH excluding ortho intramolecular Hbond substituents is 2. The second-order valence-corrected chi connectivity index (χ2v) is 8.11. The van der Waals surface area contributed by atoms with Gasteiger partial charge in [-0.05, 0) is 72.7 Å². The minimum atomic E-state index is -0.229. The Kier molecular flexibility index (Phi) is 5.01. The Labute approximate surface area is 189 Å². The van der Waals surface area contributed by atoms with E-state index >= 15 is 0 Å². The average molecular weight is 441 g/mol. The van der Waals surface area contributed by atoms with Crippen LogP contribution >= 0.6 is 0 Å². The summed E-state index contributed by atoms with van der Waals surface area (Å²) in [5.74, 6) is 0.700. The van der Waals surface area contributed by atoms with Crippen LogP contribution in [0, 0.1) is 6.92 Å². The molecule has 0 spiro atoms. The predicted molar refractivity (Wildman–Crippen MR) is 127 cm³/mol. The number of nitrogens with one attached hydrogen (secondary N) is 1. The molecular weight excluding hydrogens is 418 g/mol. The van der Waals surface area contributed by atoms with E-state index in [1.54, 1.807) is 25.3 Å². The highest BCUT2D eigenvalue weighted by Gasteiger charge is 2.18. The molecule has 3 aromatic heterocycles. The molecule has 33 heavy (non-hydrogen) atoms. The lowest BCUT2D eigenvalue weighted by molar-refractivity contribution is 0.415. The maximum atomic E-state index is 13.1. The van der Waals surface area contributed by atoms with Crippen molar-refractivity contribution in [2.45, 2.75) is 19.8 Å². The number of rotatable bonds is 5. The van der Waals surface area contributed by atoms with Crippen LogP contribution in [0.15, 0.2) is 65.6 Å². The molecule has 0 aliphatic heterocycles. The van der Waals surface area contributed by atoms with Crippen LogP contribution in [-0.4, -0.2) is 31.7 Å². The average Bonchev–Trinajstić information content (AvgIpc) is 3.16. The lowest BCUT2D eigenvalue weighted by atomic mass is 10.0. The van der Waals surface area contributed by atoms with Crippen molar-refractivity contribution in [1.82, 2.24) is 14.4 Å². The fourth-order valence-corrected chi connectivity index (χ4v) is 4.25. The molecule has 0 amide bonds. The monoisotopic (exact) mass is 441 g/mol. The number of ether oxygens (including phenoxy) is 1. The van der Waals surface area contributed by atoms with Crippen molar-refractivity contribution in [3.05, 3.63) is 88.0 Å². The van der Waals surface area contributed by atoms with Crippen molar-refractivity contribution in [2.75, 3.05) is 7.11 Å². The van der Waals surface area contributed by atoms with E-state index in [0.29, 0.717) is 35.4 Å². The van der Waals surface area contributed by atoms with Gasteiger partial charge in [-0.25, -0.2) is 4.98 Å². The Hall–Kier alpha value is -4.26. The van der Waals surface area contributed by atoms with E-state index in [0.717, 1.165) is 27.9 Å². The van der Waals surface area contributed by atoms with Crippen LogP contribution in [0.5, 0.6) is 17.2 Å². The number of aromatic nitrogens is 3. The Morgan fingerprint density at radius 2 is 1.82 bits per heavy atom. The van der Waals surface area contributed by atoms with Crippen LogP contribution in [0.25, 0.3) is 27.8 Å². The molecule has 3 N–H and O–H groups in total. The van der Waals surface area contributed by atoms with E-state index in [2.05, 4.69) is 4.98 Å². The van der Waals surface area contributed by atoms with Crippen molar-refractivity contribution >= 4 is 16.6 Å². The summed E-state index contributed by atoms with van der Waals surface area (Å²) < 4.78 is 7.27. The highest BCUT2D eigenvalue weighted by Crippen LogP contribution is 2.29. The molecule has 3 heterocycles. The van der Waals surface area contributed by atoms with Gasteiger partial charge in [0.15, 0.2) is 0 Å². The summed E-state index contributed by atoms with van der Waals surface area (Å²) in [6.45, 7) is 1.99. The Bertz CT molecular complexity index is 1550. The summed E-state index contributed by atoms with van der Waals surface area (Å²) >= 11 is 0. The van der Waals surface area contributed by atoms with Crippen LogP contribution < -0.4 is 10.3 Å². The maximum Gasteiger partial charge on any atom is 0.257 e. The minimum Gasteiger partial charge on any atom is -0.508 e.